The second-order valence-electron chi connectivity index (χ2n) is 7.03. The molecular formula is C17H22F3NO7S. The molecule has 1 aromatic rings. The van der Waals surface area contributed by atoms with Crippen molar-refractivity contribution in [1.29, 1.82) is 0 Å². The average molecular weight is 441 g/mol. The van der Waals surface area contributed by atoms with Crippen LogP contribution >= 0.6 is 0 Å². The highest BCUT2D eigenvalue weighted by Gasteiger charge is 2.48. The van der Waals surface area contributed by atoms with Crippen molar-refractivity contribution in [3.05, 3.63) is 29.8 Å². The summed E-state index contributed by atoms with van der Waals surface area (Å²) in [6, 6.07) is 2.99. The van der Waals surface area contributed by atoms with Gasteiger partial charge in [-0.05, 0) is 44.9 Å². The number of alkyl halides is 3. The number of hydrogen-bond acceptors (Lipinski definition) is 6. The highest BCUT2D eigenvalue weighted by atomic mass is 32.2. The third-order valence-corrected chi connectivity index (χ3v) is 4.56. The lowest BCUT2D eigenvalue weighted by Gasteiger charge is -2.26. The number of hydrogen-bond donors (Lipinski definition) is 2. The van der Waals surface area contributed by atoms with Gasteiger partial charge in [-0.15, -0.1) is 0 Å². The molecule has 2 atom stereocenters. The Morgan fingerprint density at radius 3 is 2.03 bits per heavy atom. The minimum Gasteiger partial charge on any atom is -0.480 e. The quantitative estimate of drug-likeness (QED) is 0.492. The van der Waals surface area contributed by atoms with E-state index in [1.807, 2.05) is 0 Å². The van der Waals surface area contributed by atoms with E-state index in [2.05, 4.69) is 9.50 Å². The van der Waals surface area contributed by atoms with Crippen molar-refractivity contribution >= 4 is 22.2 Å². The molecule has 1 aromatic carbocycles. The third-order valence-electron chi connectivity index (χ3n) is 3.58. The zero-order valence-corrected chi connectivity index (χ0v) is 16.9. The van der Waals surface area contributed by atoms with Gasteiger partial charge in [0, 0.05) is 5.92 Å². The van der Waals surface area contributed by atoms with Gasteiger partial charge in [-0.3, -0.25) is 0 Å². The number of nitrogens with one attached hydrogen (secondary N) is 1. The lowest BCUT2D eigenvalue weighted by Crippen LogP contribution is -2.46. The Morgan fingerprint density at radius 2 is 1.66 bits per heavy atom. The molecule has 0 unspecified atom stereocenters. The van der Waals surface area contributed by atoms with Crippen LogP contribution in [0.15, 0.2) is 24.3 Å². The van der Waals surface area contributed by atoms with Gasteiger partial charge in [0.2, 0.25) is 0 Å². The Morgan fingerprint density at radius 1 is 1.14 bits per heavy atom. The van der Waals surface area contributed by atoms with E-state index in [0.717, 1.165) is 12.1 Å². The molecule has 0 bridgehead atoms. The first kappa shape index (κ1) is 24.5. The summed E-state index contributed by atoms with van der Waals surface area (Å²) in [5, 5.41) is 11.7. The van der Waals surface area contributed by atoms with Crippen LogP contribution < -0.4 is 9.50 Å². The molecule has 12 heteroatoms. The number of carboxylic acids is 1. The van der Waals surface area contributed by atoms with Crippen LogP contribution in [0.3, 0.4) is 0 Å². The first-order valence-electron chi connectivity index (χ1n) is 8.40. The standard InChI is InChI=1S/C17H22F3NO7S/c1-5-12(13(14(22)23)21-15(24)27-16(2,3)4)10-6-8-11(9-7-10)28-29(25,26)17(18,19)20/h6-9,12-13H,5H2,1-4H3,(H,21,24)(H,22,23)/t12-,13-/m0/s1. The number of halogens is 3. The highest BCUT2D eigenvalue weighted by Crippen LogP contribution is 2.29. The number of rotatable bonds is 7. The maximum absolute atomic E-state index is 12.4. The molecule has 1 amide bonds. The smallest absolute Gasteiger partial charge is 0.480 e. The van der Waals surface area contributed by atoms with E-state index in [1.54, 1.807) is 27.7 Å². The normalized spacial score (nSPS) is 14.6. The van der Waals surface area contributed by atoms with Gasteiger partial charge < -0.3 is 19.3 Å². The molecule has 2 N–H and O–H groups in total. The monoisotopic (exact) mass is 441 g/mol. The molecule has 0 heterocycles. The molecule has 0 aliphatic carbocycles. The minimum absolute atomic E-state index is 0.244. The molecule has 0 saturated heterocycles. The van der Waals surface area contributed by atoms with E-state index in [0.29, 0.717) is 5.56 Å². The molecule has 0 fully saturated rings. The van der Waals surface area contributed by atoms with Crippen LogP contribution in [-0.2, 0) is 19.6 Å². The van der Waals surface area contributed by atoms with Crippen LogP contribution in [-0.4, -0.2) is 42.7 Å². The number of carbonyl (C=O) groups excluding carboxylic acids is 1. The van der Waals surface area contributed by atoms with Crippen LogP contribution in [0.2, 0.25) is 0 Å². The second-order valence-corrected chi connectivity index (χ2v) is 8.57. The van der Waals surface area contributed by atoms with Gasteiger partial charge in [-0.25, -0.2) is 9.59 Å². The zero-order valence-electron chi connectivity index (χ0n) is 16.1. The highest BCUT2D eigenvalue weighted by molar-refractivity contribution is 7.88. The summed E-state index contributed by atoms with van der Waals surface area (Å²) in [5.41, 5.74) is -6.09. The summed E-state index contributed by atoms with van der Waals surface area (Å²) < 4.78 is 68.3. The van der Waals surface area contributed by atoms with Crippen LogP contribution in [0.4, 0.5) is 18.0 Å². The zero-order chi connectivity index (χ0) is 22.6. The fraction of sp³-hybridized carbons (Fsp3) is 0.529. The Balaban J connectivity index is 3.05. The lowest BCUT2D eigenvalue weighted by molar-refractivity contribution is -0.140. The SMILES string of the molecule is CC[C@@H](c1ccc(OS(=O)(=O)C(F)(F)F)cc1)[C@H](NC(=O)OC(C)(C)C)C(=O)O. The Kier molecular flexibility index (Phi) is 7.52. The summed E-state index contributed by atoms with van der Waals surface area (Å²) >= 11 is 0. The predicted molar refractivity (Wildman–Crippen MR) is 95.9 cm³/mol. The van der Waals surface area contributed by atoms with E-state index in [4.69, 9.17) is 4.74 Å². The number of aliphatic carboxylic acids is 1. The van der Waals surface area contributed by atoms with Crippen LogP contribution in [0.5, 0.6) is 5.75 Å². The van der Waals surface area contributed by atoms with E-state index >= 15 is 0 Å². The van der Waals surface area contributed by atoms with Crippen LogP contribution in [0.1, 0.15) is 45.6 Å². The Hall–Kier alpha value is -2.50. The Labute approximate surface area is 166 Å². The largest absolute Gasteiger partial charge is 0.534 e. The number of ether oxygens (including phenoxy) is 1. The third kappa shape index (κ3) is 7.11. The molecule has 164 valence electrons. The number of amides is 1. The predicted octanol–water partition coefficient (Wildman–Crippen LogP) is 3.39. The topological polar surface area (TPSA) is 119 Å². The van der Waals surface area contributed by atoms with Crippen molar-refractivity contribution < 1.29 is 45.2 Å². The fourth-order valence-corrected chi connectivity index (χ4v) is 2.84. The van der Waals surface area contributed by atoms with Crippen molar-refractivity contribution in [2.24, 2.45) is 0 Å². The van der Waals surface area contributed by atoms with Crippen molar-refractivity contribution in [2.45, 2.75) is 57.2 Å². The van der Waals surface area contributed by atoms with Gasteiger partial charge in [-0.2, -0.15) is 21.6 Å². The summed E-state index contributed by atoms with van der Waals surface area (Å²) in [6.07, 6.45) is -0.701. The molecule has 29 heavy (non-hydrogen) atoms. The molecule has 0 aliphatic heterocycles. The first-order chi connectivity index (χ1) is 13.1. The van der Waals surface area contributed by atoms with Crippen molar-refractivity contribution in [1.82, 2.24) is 5.32 Å². The summed E-state index contributed by atoms with van der Waals surface area (Å²) in [5.74, 6) is -2.70. The Bertz CT molecular complexity index is 830. The van der Waals surface area contributed by atoms with E-state index < -0.39 is 51.0 Å². The van der Waals surface area contributed by atoms with Gasteiger partial charge in [0.05, 0.1) is 0 Å². The summed E-state index contributed by atoms with van der Waals surface area (Å²) in [4.78, 5) is 23.6. The summed E-state index contributed by atoms with van der Waals surface area (Å²) in [6.45, 7) is 6.46. The van der Waals surface area contributed by atoms with Crippen molar-refractivity contribution in [2.75, 3.05) is 0 Å². The molecule has 0 radical (unpaired) electrons. The maximum Gasteiger partial charge on any atom is 0.534 e. The van der Waals surface area contributed by atoms with Crippen molar-refractivity contribution in [3.63, 3.8) is 0 Å². The fourth-order valence-electron chi connectivity index (χ4n) is 2.38. The summed E-state index contributed by atoms with van der Waals surface area (Å²) in [7, 11) is -5.82. The molecule has 0 spiro atoms. The first-order valence-corrected chi connectivity index (χ1v) is 9.81. The van der Waals surface area contributed by atoms with Crippen LogP contribution in [0, 0.1) is 0 Å². The number of carbonyl (C=O) groups is 2. The van der Waals surface area contributed by atoms with Gasteiger partial charge in [0.1, 0.15) is 17.4 Å². The number of carboxylic acid groups (broad SMARTS) is 1. The van der Waals surface area contributed by atoms with Crippen LogP contribution in [0.25, 0.3) is 0 Å². The van der Waals surface area contributed by atoms with Gasteiger partial charge in [-0.1, -0.05) is 19.1 Å². The van der Waals surface area contributed by atoms with Gasteiger partial charge >= 0.3 is 27.7 Å². The molecule has 0 aliphatic rings. The molecular weight excluding hydrogens is 419 g/mol. The number of benzene rings is 1. The lowest BCUT2D eigenvalue weighted by atomic mass is 9.89. The van der Waals surface area contributed by atoms with E-state index in [-0.39, 0.29) is 6.42 Å². The van der Waals surface area contributed by atoms with E-state index in [1.165, 1.54) is 12.1 Å². The molecule has 1 rings (SSSR count). The average Bonchev–Trinajstić information content (AvgIpc) is 2.52. The molecule has 8 nitrogen and oxygen atoms in total. The molecule has 0 saturated carbocycles. The van der Waals surface area contributed by atoms with Crippen molar-refractivity contribution in [3.8, 4) is 5.75 Å². The number of alkyl carbamates (subject to hydrolysis) is 1. The second kappa shape index (κ2) is 8.89. The van der Waals surface area contributed by atoms with E-state index in [9.17, 15) is 36.3 Å². The van der Waals surface area contributed by atoms with Gasteiger partial charge in [0.25, 0.3) is 0 Å². The molecule has 0 aromatic heterocycles. The minimum atomic E-state index is -5.82. The maximum atomic E-state index is 12.4. The van der Waals surface area contributed by atoms with Gasteiger partial charge in [0.15, 0.2) is 0 Å².